The van der Waals surface area contributed by atoms with Crippen LogP contribution in [0.2, 0.25) is 0 Å². The van der Waals surface area contributed by atoms with Crippen LogP contribution in [-0.4, -0.2) is 31.4 Å². The van der Waals surface area contributed by atoms with Gasteiger partial charge in [0.2, 0.25) is 5.91 Å². The van der Waals surface area contributed by atoms with Crippen LogP contribution >= 0.6 is 0 Å². The predicted octanol–water partition coefficient (Wildman–Crippen LogP) is 1.75. The number of carbonyl (C=O) groups excluding carboxylic acids is 1. The molecular formula is C12H18N2O. The van der Waals surface area contributed by atoms with Gasteiger partial charge in [-0.3, -0.25) is 4.79 Å². The molecule has 0 bridgehead atoms. The van der Waals surface area contributed by atoms with Crippen LogP contribution in [0.25, 0.3) is 0 Å². The first kappa shape index (κ1) is 11.6. The van der Waals surface area contributed by atoms with Gasteiger partial charge in [-0.2, -0.15) is 0 Å². The minimum absolute atomic E-state index is 0.0783. The molecule has 15 heavy (non-hydrogen) atoms. The van der Waals surface area contributed by atoms with E-state index < -0.39 is 0 Å². The second-order valence-electron chi connectivity index (χ2n) is 3.69. The Labute approximate surface area is 91.1 Å². The molecule has 0 saturated carbocycles. The minimum Gasteiger partial charge on any atom is -0.376 e. The molecule has 1 aromatic carbocycles. The van der Waals surface area contributed by atoms with Gasteiger partial charge in [0.1, 0.15) is 0 Å². The standard InChI is InChI=1S/C12H18N2O/c1-4-10-5-7-11(8-6-10)13-9-12(15)14(2)3/h5-8,13H,4,9H2,1-3H3. The molecule has 0 aliphatic carbocycles. The van der Waals surface area contributed by atoms with E-state index in [9.17, 15) is 4.79 Å². The van der Waals surface area contributed by atoms with Gasteiger partial charge < -0.3 is 10.2 Å². The molecule has 3 heteroatoms. The molecule has 0 atom stereocenters. The number of anilines is 1. The van der Waals surface area contributed by atoms with Gasteiger partial charge in [-0.05, 0) is 24.1 Å². The molecule has 1 rings (SSSR count). The Kier molecular flexibility index (Phi) is 4.16. The summed E-state index contributed by atoms with van der Waals surface area (Å²) >= 11 is 0. The first-order valence-electron chi connectivity index (χ1n) is 5.16. The Hall–Kier alpha value is -1.51. The Bertz CT molecular complexity index is 317. The van der Waals surface area contributed by atoms with Gasteiger partial charge >= 0.3 is 0 Å². The van der Waals surface area contributed by atoms with Crippen LogP contribution in [0.15, 0.2) is 24.3 Å². The number of aryl methyl sites for hydroxylation is 1. The van der Waals surface area contributed by atoms with E-state index in [1.54, 1.807) is 19.0 Å². The number of hydrogen-bond acceptors (Lipinski definition) is 2. The zero-order valence-electron chi connectivity index (χ0n) is 9.58. The fourth-order valence-corrected chi connectivity index (χ4v) is 1.19. The van der Waals surface area contributed by atoms with E-state index in [-0.39, 0.29) is 5.91 Å². The fourth-order valence-electron chi connectivity index (χ4n) is 1.19. The number of rotatable bonds is 4. The topological polar surface area (TPSA) is 32.3 Å². The maximum Gasteiger partial charge on any atom is 0.241 e. The van der Waals surface area contributed by atoms with E-state index in [1.165, 1.54) is 5.56 Å². The predicted molar refractivity (Wildman–Crippen MR) is 63.0 cm³/mol. The lowest BCUT2D eigenvalue weighted by Crippen LogP contribution is -2.28. The summed E-state index contributed by atoms with van der Waals surface area (Å²) < 4.78 is 0. The average Bonchev–Trinajstić information content (AvgIpc) is 2.26. The fraction of sp³-hybridized carbons (Fsp3) is 0.417. The quantitative estimate of drug-likeness (QED) is 0.814. The van der Waals surface area contributed by atoms with Crippen LogP contribution in [0.4, 0.5) is 5.69 Å². The molecule has 0 heterocycles. The van der Waals surface area contributed by atoms with Gasteiger partial charge in [0.15, 0.2) is 0 Å². The summed E-state index contributed by atoms with van der Waals surface area (Å²) in [6.45, 7) is 2.47. The number of amides is 1. The molecule has 1 amide bonds. The Morgan fingerprint density at radius 1 is 1.27 bits per heavy atom. The smallest absolute Gasteiger partial charge is 0.241 e. The summed E-state index contributed by atoms with van der Waals surface area (Å²) in [5, 5.41) is 3.09. The van der Waals surface area contributed by atoms with Crippen molar-refractivity contribution in [2.45, 2.75) is 13.3 Å². The van der Waals surface area contributed by atoms with Crippen LogP contribution in [0.5, 0.6) is 0 Å². The van der Waals surface area contributed by atoms with Crippen LogP contribution in [0, 0.1) is 0 Å². The molecule has 0 aliphatic heterocycles. The van der Waals surface area contributed by atoms with E-state index in [0.717, 1.165) is 12.1 Å². The molecule has 82 valence electrons. The number of hydrogen-bond donors (Lipinski definition) is 1. The van der Waals surface area contributed by atoms with Gasteiger partial charge in [-0.15, -0.1) is 0 Å². The molecule has 0 radical (unpaired) electrons. The van der Waals surface area contributed by atoms with Crippen molar-refractivity contribution in [3.63, 3.8) is 0 Å². The molecule has 0 saturated heterocycles. The molecule has 1 aromatic rings. The third kappa shape index (κ3) is 3.62. The lowest BCUT2D eigenvalue weighted by molar-refractivity contribution is -0.126. The highest BCUT2D eigenvalue weighted by Crippen LogP contribution is 2.09. The van der Waals surface area contributed by atoms with E-state index in [4.69, 9.17) is 0 Å². The number of nitrogens with one attached hydrogen (secondary N) is 1. The first-order valence-corrected chi connectivity index (χ1v) is 5.16. The third-order valence-corrected chi connectivity index (χ3v) is 2.30. The Morgan fingerprint density at radius 2 is 1.87 bits per heavy atom. The van der Waals surface area contributed by atoms with Crippen molar-refractivity contribution in [1.82, 2.24) is 4.90 Å². The van der Waals surface area contributed by atoms with Gasteiger partial charge in [0, 0.05) is 19.8 Å². The molecule has 0 unspecified atom stereocenters. The summed E-state index contributed by atoms with van der Waals surface area (Å²) in [5.41, 5.74) is 2.29. The van der Waals surface area contributed by atoms with E-state index >= 15 is 0 Å². The van der Waals surface area contributed by atoms with Crippen LogP contribution < -0.4 is 5.32 Å². The summed E-state index contributed by atoms with van der Waals surface area (Å²) in [7, 11) is 3.51. The SMILES string of the molecule is CCc1ccc(NCC(=O)N(C)C)cc1. The van der Waals surface area contributed by atoms with E-state index in [0.29, 0.717) is 6.54 Å². The highest BCUT2D eigenvalue weighted by Gasteiger charge is 2.02. The van der Waals surface area contributed by atoms with Crippen molar-refractivity contribution in [1.29, 1.82) is 0 Å². The third-order valence-electron chi connectivity index (χ3n) is 2.30. The lowest BCUT2D eigenvalue weighted by Gasteiger charge is -2.11. The van der Waals surface area contributed by atoms with Gasteiger partial charge in [-0.1, -0.05) is 19.1 Å². The number of likely N-dealkylation sites (N-methyl/N-ethyl adjacent to an activating group) is 1. The molecular weight excluding hydrogens is 188 g/mol. The number of benzene rings is 1. The van der Waals surface area contributed by atoms with Crippen molar-refractivity contribution >= 4 is 11.6 Å². The Balaban J connectivity index is 2.47. The maximum absolute atomic E-state index is 11.3. The van der Waals surface area contributed by atoms with Crippen molar-refractivity contribution in [2.75, 3.05) is 26.0 Å². The van der Waals surface area contributed by atoms with Crippen molar-refractivity contribution in [3.8, 4) is 0 Å². The molecule has 0 aliphatic rings. The monoisotopic (exact) mass is 206 g/mol. The Morgan fingerprint density at radius 3 is 2.33 bits per heavy atom. The summed E-state index contributed by atoms with van der Waals surface area (Å²) in [5.74, 6) is 0.0783. The van der Waals surface area contributed by atoms with Crippen LogP contribution in [0.3, 0.4) is 0 Å². The zero-order valence-corrected chi connectivity index (χ0v) is 9.58. The van der Waals surface area contributed by atoms with E-state index in [1.807, 2.05) is 12.1 Å². The summed E-state index contributed by atoms with van der Waals surface area (Å²) in [6.07, 6.45) is 1.04. The largest absolute Gasteiger partial charge is 0.376 e. The second-order valence-corrected chi connectivity index (χ2v) is 3.69. The zero-order chi connectivity index (χ0) is 11.3. The summed E-state index contributed by atoms with van der Waals surface area (Å²) in [6, 6.07) is 8.15. The normalized spacial score (nSPS) is 9.80. The van der Waals surface area contributed by atoms with Gasteiger partial charge in [0.25, 0.3) is 0 Å². The van der Waals surface area contributed by atoms with Crippen LogP contribution in [-0.2, 0) is 11.2 Å². The molecule has 0 fully saturated rings. The van der Waals surface area contributed by atoms with E-state index in [2.05, 4.69) is 24.4 Å². The average molecular weight is 206 g/mol. The highest BCUT2D eigenvalue weighted by atomic mass is 16.2. The molecule has 0 spiro atoms. The van der Waals surface area contributed by atoms with Crippen molar-refractivity contribution in [2.24, 2.45) is 0 Å². The van der Waals surface area contributed by atoms with Crippen molar-refractivity contribution < 1.29 is 4.79 Å². The van der Waals surface area contributed by atoms with Gasteiger partial charge in [-0.25, -0.2) is 0 Å². The second kappa shape index (κ2) is 5.39. The lowest BCUT2D eigenvalue weighted by atomic mass is 10.1. The van der Waals surface area contributed by atoms with Gasteiger partial charge in [0.05, 0.1) is 6.54 Å². The first-order chi connectivity index (χ1) is 7.13. The summed E-state index contributed by atoms with van der Waals surface area (Å²) in [4.78, 5) is 12.9. The number of carbonyl (C=O) groups is 1. The molecule has 3 nitrogen and oxygen atoms in total. The molecule has 1 N–H and O–H groups in total. The maximum atomic E-state index is 11.3. The molecule has 0 aromatic heterocycles. The highest BCUT2D eigenvalue weighted by molar-refractivity contribution is 5.80. The van der Waals surface area contributed by atoms with Crippen molar-refractivity contribution in [3.05, 3.63) is 29.8 Å². The number of nitrogens with zero attached hydrogens (tertiary/aromatic N) is 1. The minimum atomic E-state index is 0.0783. The van der Waals surface area contributed by atoms with Crippen LogP contribution in [0.1, 0.15) is 12.5 Å².